The SMILES string of the molecule is C#CCCCCOc1cccc(NC(=O)c2cc(C)c(COC)nc2N)c1F. The Morgan fingerprint density at radius 3 is 2.89 bits per heavy atom. The van der Waals surface area contributed by atoms with Crippen molar-refractivity contribution in [3.05, 3.63) is 46.9 Å². The Morgan fingerprint density at radius 1 is 1.39 bits per heavy atom. The number of benzene rings is 1. The number of nitrogens with one attached hydrogen (secondary N) is 1. The number of nitrogens with zero attached hydrogens (tertiary/aromatic N) is 1. The second-order valence-corrected chi connectivity index (χ2v) is 6.20. The van der Waals surface area contributed by atoms with Crippen LogP contribution in [0.1, 0.15) is 40.9 Å². The van der Waals surface area contributed by atoms with Gasteiger partial charge in [-0.25, -0.2) is 9.37 Å². The van der Waals surface area contributed by atoms with Crippen molar-refractivity contribution in [3.63, 3.8) is 0 Å². The first-order valence-electron chi connectivity index (χ1n) is 8.89. The van der Waals surface area contributed by atoms with Crippen molar-refractivity contribution in [3.8, 4) is 18.1 Å². The summed E-state index contributed by atoms with van der Waals surface area (Å²) in [6.45, 7) is 2.42. The van der Waals surface area contributed by atoms with Crippen LogP contribution in [0.2, 0.25) is 0 Å². The van der Waals surface area contributed by atoms with Crippen LogP contribution in [0.4, 0.5) is 15.9 Å². The van der Waals surface area contributed by atoms with Crippen LogP contribution < -0.4 is 15.8 Å². The minimum Gasteiger partial charge on any atom is -0.490 e. The van der Waals surface area contributed by atoms with Gasteiger partial charge >= 0.3 is 0 Å². The highest BCUT2D eigenvalue weighted by Crippen LogP contribution is 2.26. The molecule has 0 aliphatic heterocycles. The van der Waals surface area contributed by atoms with E-state index >= 15 is 0 Å². The number of ether oxygens (including phenoxy) is 2. The van der Waals surface area contributed by atoms with Gasteiger partial charge in [0.25, 0.3) is 5.91 Å². The summed E-state index contributed by atoms with van der Waals surface area (Å²) in [5.41, 5.74) is 7.45. The van der Waals surface area contributed by atoms with Gasteiger partial charge in [0.15, 0.2) is 11.6 Å². The van der Waals surface area contributed by atoms with Crippen LogP contribution in [0.15, 0.2) is 24.3 Å². The van der Waals surface area contributed by atoms with Crippen molar-refractivity contribution >= 4 is 17.4 Å². The van der Waals surface area contributed by atoms with E-state index in [0.29, 0.717) is 18.7 Å². The quantitative estimate of drug-likeness (QED) is 0.508. The van der Waals surface area contributed by atoms with Crippen molar-refractivity contribution in [1.82, 2.24) is 4.98 Å². The highest BCUT2D eigenvalue weighted by Gasteiger charge is 2.17. The van der Waals surface area contributed by atoms with Gasteiger partial charge in [0.1, 0.15) is 5.82 Å². The third-order valence-electron chi connectivity index (χ3n) is 4.06. The van der Waals surface area contributed by atoms with Crippen LogP contribution in [0.5, 0.6) is 5.75 Å². The van der Waals surface area contributed by atoms with Gasteiger partial charge in [0, 0.05) is 13.5 Å². The first kappa shape index (κ1) is 21.2. The largest absolute Gasteiger partial charge is 0.490 e. The Bertz CT molecular complexity index is 878. The van der Waals surface area contributed by atoms with Gasteiger partial charge in [0.2, 0.25) is 0 Å². The molecule has 1 aromatic heterocycles. The van der Waals surface area contributed by atoms with Gasteiger partial charge < -0.3 is 20.5 Å². The summed E-state index contributed by atoms with van der Waals surface area (Å²) in [4.78, 5) is 16.8. The number of unbranched alkanes of at least 4 members (excludes halogenated alkanes) is 2. The van der Waals surface area contributed by atoms with Crippen LogP contribution in [-0.2, 0) is 11.3 Å². The average molecular weight is 385 g/mol. The second-order valence-electron chi connectivity index (χ2n) is 6.20. The van der Waals surface area contributed by atoms with E-state index in [4.69, 9.17) is 21.6 Å². The van der Waals surface area contributed by atoms with E-state index < -0.39 is 11.7 Å². The van der Waals surface area contributed by atoms with Crippen molar-refractivity contribution in [2.75, 3.05) is 24.8 Å². The molecule has 2 rings (SSSR count). The molecule has 0 unspecified atom stereocenters. The molecule has 0 saturated heterocycles. The average Bonchev–Trinajstić information content (AvgIpc) is 2.67. The number of pyridine rings is 1. The van der Waals surface area contributed by atoms with E-state index in [1.54, 1.807) is 26.2 Å². The number of anilines is 2. The van der Waals surface area contributed by atoms with Crippen molar-refractivity contribution in [1.29, 1.82) is 0 Å². The number of aromatic nitrogens is 1. The van der Waals surface area contributed by atoms with E-state index in [-0.39, 0.29) is 29.4 Å². The summed E-state index contributed by atoms with van der Waals surface area (Å²) < 4.78 is 25.1. The Balaban J connectivity index is 2.11. The zero-order chi connectivity index (χ0) is 20.5. The number of aryl methyl sites for hydroxylation is 1. The molecule has 148 valence electrons. The third kappa shape index (κ3) is 5.44. The zero-order valence-corrected chi connectivity index (χ0v) is 16.0. The minimum absolute atomic E-state index is 0.00384. The van der Waals surface area contributed by atoms with E-state index in [2.05, 4.69) is 16.2 Å². The van der Waals surface area contributed by atoms with Gasteiger partial charge in [-0.15, -0.1) is 12.3 Å². The number of carbonyl (C=O) groups excluding carboxylic acids is 1. The molecule has 1 heterocycles. The first-order valence-corrected chi connectivity index (χ1v) is 8.89. The van der Waals surface area contributed by atoms with Crippen LogP contribution in [-0.4, -0.2) is 24.6 Å². The molecule has 0 fully saturated rings. The molecule has 1 amide bonds. The first-order chi connectivity index (χ1) is 13.5. The molecule has 0 bridgehead atoms. The Kier molecular flexibility index (Phi) is 7.78. The van der Waals surface area contributed by atoms with Crippen LogP contribution in [0, 0.1) is 25.1 Å². The maximum absolute atomic E-state index is 14.6. The number of nitrogens with two attached hydrogens (primary N) is 1. The van der Waals surface area contributed by atoms with Gasteiger partial charge in [-0.1, -0.05) is 6.07 Å². The van der Waals surface area contributed by atoms with Crippen molar-refractivity contribution in [2.24, 2.45) is 0 Å². The zero-order valence-electron chi connectivity index (χ0n) is 16.0. The molecule has 3 N–H and O–H groups in total. The monoisotopic (exact) mass is 385 g/mol. The molecule has 2 aromatic rings. The summed E-state index contributed by atoms with van der Waals surface area (Å²) in [6.07, 6.45) is 7.37. The number of rotatable bonds is 9. The molecule has 1 aromatic carbocycles. The lowest BCUT2D eigenvalue weighted by molar-refractivity contribution is 0.102. The van der Waals surface area contributed by atoms with Gasteiger partial charge in [0.05, 0.1) is 30.2 Å². The highest BCUT2D eigenvalue weighted by molar-refractivity contribution is 6.07. The molecule has 0 radical (unpaired) electrons. The lowest BCUT2D eigenvalue weighted by Crippen LogP contribution is -2.17. The number of halogens is 1. The summed E-state index contributed by atoms with van der Waals surface area (Å²) >= 11 is 0. The number of methoxy groups -OCH3 is 1. The number of hydrogen-bond acceptors (Lipinski definition) is 5. The molecular formula is C21H24FN3O3. The fourth-order valence-corrected chi connectivity index (χ4v) is 2.55. The number of terminal acetylenes is 1. The van der Waals surface area contributed by atoms with E-state index in [9.17, 15) is 9.18 Å². The molecular weight excluding hydrogens is 361 g/mol. The van der Waals surface area contributed by atoms with Crippen molar-refractivity contribution < 1.29 is 18.7 Å². The maximum Gasteiger partial charge on any atom is 0.259 e. The Hall–Kier alpha value is -3.11. The molecule has 6 nitrogen and oxygen atoms in total. The van der Waals surface area contributed by atoms with Crippen molar-refractivity contribution in [2.45, 2.75) is 32.8 Å². The fraction of sp³-hybridized carbons (Fsp3) is 0.333. The number of amides is 1. The molecule has 0 aliphatic carbocycles. The molecule has 0 saturated carbocycles. The number of hydrogen-bond donors (Lipinski definition) is 2. The summed E-state index contributed by atoms with van der Waals surface area (Å²) in [5.74, 6) is 1.46. The van der Waals surface area contributed by atoms with Crippen LogP contribution in [0.25, 0.3) is 0 Å². The molecule has 7 heteroatoms. The summed E-state index contributed by atoms with van der Waals surface area (Å²) in [6, 6.07) is 6.17. The number of carbonyl (C=O) groups is 1. The van der Waals surface area contributed by atoms with Crippen LogP contribution in [0.3, 0.4) is 0 Å². The number of nitrogen functional groups attached to an aromatic ring is 1. The minimum atomic E-state index is -0.646. The van der Waals surface area contributed by atoms with Crippen LogP contribution >= 0.6 is 0 Å². The van der Waals surface area contributed by atoms with E-state index in [0.717, 1.165) is 18.4 Å². The summed E-state index contributed by atoms with van der Waals surface area (Å²) in [7, 11) is 1.55. The Labute approximate surface area is 164 Å². The van der Waals surface area contributed by atoms with Gasteiger partial charge in [-0.2, -0.15) is 0 Å². The third-order valence-corrected chi connectivity index (χ3v) is 4.06. The van der Waals surface area contributed by atoms with E-state index in [1.807, 2.05) is 0 Å². The highest BCUT2D eigenvalue weighted by atomic mass is 19.1. The fourth-order valence-electron chi connectivity index (χ4n) is 2.55. The lowest BCUT2D eigenvalue weighted by Gasteiger charge is -2.13. The molecule has 0 aliphatic rings. The molecule has 0 spiro atoms. The standard InChI is InChI=1S/C21H24FN3O3/c1-4-5-6-7-11-28-18-10-8-9-16(19(18)22)25-21(26)15-12-14(2)17(13-27-3)24-20(15)23/h1,8-10,12H,5-7,11,13H2,2-3H3,(H2,23,24)(H,25,26). The smallest absolute Gasteiger partial charge is 0.259 e. The topological polar surface area (TPSA) is 86.5 Å². The predicted octanol–water partition coefficient (Wildman–Crippen LogP) is 3.69. The van der Waals surface area contributed by atoms with E-state index in [1.165, 1.54) is 12.1 Å². The second kappa shape index (κ2) is 10.3. The van der Waals surface area contributed by atoms with Gasteiger partial charge in [-0.3, -0.25) is 4.79 Å². The molecule has 0 atom stereocenters. The lowest BCUT2D eigenvalue weighted by atomic mass is 10.1. The molecule has 28 heavy (non-hydrogen) atoms. The summed E-state index contributed by atoms with van der Waals surface area (Å²) in [5, 5.41) is 2.53. The van der Waals surface area contributed by atoms with Gasteiger partial charge in [-0.05, 0) is 43.5 Å². The maximum atomic E-state index is 14.6. The Morgan fingerprint density at radius 2 is 2.18 bits per heavy atom. The predicted molar refractivity (Wildman–Crippen MR) is 107 cm³/mol. The normalized spacial score (nSPS) is 10.4.